The fourth-order valence-corrected chi connectivity index (χ4v) is 1.72. The van der Waals surface area contributed by atoms with Crippen LogP contribution in [0.5, 0.6) is 0 Å². The van der Waals surface area contributed by atoms with Gasteiger partial charge in [-0.15, -0.1) is 0 Å². The van der Waals surface area contributed by atoms with Gasteiger partial charge < -0.3 is 0 Å². The van der Waals surface area contributed by atoms with Gasteiger partial charge in [0.2, 0.25) is 0 Å². The van der Waals surface area contributed by atoms with E-state index in [4.69, 9.17) is 0 Å². The van der Waals surface area contributed by atoms with Gasteiger partial charge in [-0.25, -0.2) is 0 Å². The molecular weight excluding hydrogens is 134 g/mol. The first-order valence-corrected chi connectivity index (χ1v) is 4.46. The van der Waals surface area contributed by atoms with E-state index in [0.717, 1.165) is 13.1 Å². The van der Waals surface area contributed by atoms with Crippen LogP contribution in [0.3, 0.4) is 0 Å². The zero-order valence-corrected chi connectivity index (χ0v) is 8.09. The lowest BCUT2D eigenvalue weighted by atomic mass is 9.87. The molecule has 0 radical (unpaired) electrons. The Kier molecular flexibility index (Phi) is 2.38. The lowest BCUT2D eigenvalue weighted by Gasteiger charge is -2.33. The fourth-order valence-electron chi connectivity index (χ4n) is 1.72. The van der Waals surface area contributed by atoms with E-state index in [1.165, 1.54) is 0 Å². The first kappa shape index (κ1) is 8.79. The third-order valence-electron chi connectivity index (χ3n) is 2.35. The Morgan fingerprint density at radius 3 is 2.45 bits per heavy atom. The van der Waals surface area contributed by atoms with Crippen LogP contribution in [0.2, 0.25) is 0 Å². The van der Waals surface area contributed by atoms with Crippen molar-refractivity contribution >= 4 is 0 Å². The van der Waals surface area contributed by atoms with Crippen LogP contribution in [-0.4, -0.2) is 24.0 Å². The largest absolute Gasteiger partial charge is 0.293 e. The van der Waals surface area contributed by atoms with Gasteiger partial charge in [0.25, 0.3) is 0 Å². The van der Waals surface area contributed by atoms with E-state index in [1.807, 2.05) is 0 Å². The Balaban J connectivity index is 2.63. The lowest BCUT2D eigenvalue weighted by molar-refractivity contribution is 0.169. The number of nitrogens with zero attached hydrogens (tertiary/aromatic N) is 1. The summed E-state index contributed by atoms with van der Waals surface area (Å²) < 4.78 is 0. The van der Waals surface area contributed by atoms with E-state index >= 15 is 0 Å². The van der Waals surface area contributed by atoms with Crippen molar-refractivity contribution in [2.24, 2.45) is 5.41 Å². The van der Waals surface area contributed by atoms with Crippen LogP contribution in [0.1, 0.15) is 27.7 Å². The van der Waals surface area contributed by atoms with E-state index in [9.17, 15) is 0 Å². The number of rotatable bonds is 1. The Morgan fingerprint density at radius 1 is 1.45 bits per heavy atom. The van der Waals surface area contributed by atoms with Gasteiger partial charge in [-0.05, 0) is 12.0 Å². The first-order valence-electron chi connectivity index (χ1n) is 4.46. The quantitative estimate of drug-likeness (QED) is 0.522. The van der Waals surface area contributed by atoms with Crippen molar-refractivity contribution < 1.29 is 0 Å². The molecule has 11 heavy (non-hydrogen) atoms. The smallest absolute Gasteiger partial charge is 0.0330 e. The third kappa shape index (κ3) is 1.84. The van der Waals surface area contributed by atoms with Crippen LogP contribution < -0.4 is 0 Å². The van der Waals surface area contributed by atoms with E-state index in [2.05, 4.69) is 44.7 Å². The summed E-state index contributed by atoms with van der Waals surface area (Å²) in [6, 6.07) is 0.646. The van der Waals surface area contributed by atoms with Gasteiger partial charge >= 0.3 is 0 Å². The van der Waals surface area contributed by atoms with Crippen LogP contribution in [-0.2, 0) is 0 Å². The SMILES string of the molecule is CCN1CC=C[C@H]1C(C)(C)C. The average molecular weight is 153 g/mol. The maximum atomic E-state index is 2.50. The molecule has 0 aromatic rings. The molecular formula is C10H19N. The molecule has 0 unspecified atom stereocenters. The van der Waals surface area contributed by atoms with Gasteiger partial charge in [0.05, 0.1) is 0 Å². The maximum absolute atomic E-state index is 2.50. The average Bonchev–Trinajstić information content (AvgIpc) is 2.31. The molecule has 0 N–H and O–H groups in total. The van der Waals surface area contributed by atoms with Crippen LogP contribution in [0.15, 0.2) is 12.2 Å². The minimum Gasteiger partial charge on any atom is -0.293 e. The topological polar surface area (TPSA) is 3.24 Å². The van der Waals surface area contributed by atoms with Crippen molar-refractivity contribution in [3.8, 4) is 0 Å². The van der Waals surface area contributed by atoms with Gasteiger partial charge in [-0.2, -0.15) is 0 Å². The summed E-state index contributed by atoms with van der Waals surface area (Å²) >= 11 is 0. The van der Waals surface area contributed by atoms with Crippen LogP contribution >= 0.6 is 0 Å². The van der Waals surface area contributed by atoms with Crippen molar-refractivity contribution in [3.63, 3.8) is 0 Å². The second kappa shape index (κ2) is 2.98. The molecule has 0 aliphatic carbocycles. The third-order valence-corrected chi connectivity index (χ3v) is 2.35. The number of hydrogen-bond donors (Lipinski definition) is 0. The summed E-state index contributed by atoms with van der Waals surface area (Å²) in [6.07, 6.45) is 4.61. The standard InChI is InChI=1S/C10H19N/c1-5-11-8-6-7-9(11)10(2,3)4/h6-7,9H,5,8H2,1-4H3/t9-/m0/s1. The maximum Gasteiger partial charge on any atom is 0.0330 e. The monoisotopic (exact) mass is 153 g/mol. The van der Waals surface area contributed by atoms with Gasteiger partial charge in [-0.1, -0.05) is 39.8 Å². The molecule has 0 amide bonds. The highest BCUT2D eigenvalue weighted by Gasteiger charge is 2.29. The Morgan fingerprint density at radius 2 is 2.09 bits per heavy atom. The minimum atomic E-state index is 0.392. The fraction of sp³-hybridized carbons (Fsp3) is 0.800. The summed E-state index contributed by atoms with van der Waals surface area (Å²) in [6.45, 7) is 11.4. The summed E-state index contributed by atoms with van der Waals surface area (Å²) in [5.74, 6) is 0. The number of hydrogen-bond acceptors (Lipinski definition) is 1. The Hall–Kier alpha value is -0.300. The highest BCUT2D eigenvalue weighted by Crippen LogP contribution is 2.27. The van der Waals surface area contributed by atoms with Gasteiger partial charge in [-0.3, -0.25) is 4.90 Å². The summed E-state index contributed by atoms with van der Waals surface area (Å²) in [5, 5.41) is 0. The van der Waals surface area contributed by atoms with Crippen LogP contribution in [0.4, 0.5) is 0 Å². The highest BCUT2D eigenvalue weighted by molar-refractivity contribution is 5.07. The first-order chi connectivity index (χ1) is 5.05. The normalized spacial score (nSPS) is 26.4. The molecule has 0 saturated heterocycles. The number of likely N-dealkylation sites (N-methyl/N-ethyl adjacent to an activating group) is 1. The van der Waals surface area contributed by atoms with Crippen molar-refractivity contribution in [3.05, 3.63) is 12.2 Å². The highest BCUT2D eigenvalue weighted by atomic mass is 15.2. The molecule has 1 heterocycles. The second-order valence-electron chi connectivity index (χ2n) is 4.33. The lowest BCUT2D eigenvalue weighted by Crippen LogP contribution is -2.39. The summed E-state index contributed by atoms with van der Waals surface area (Å²) in [4.78, 5) is 2.50. The molecule has 1 aliphatic rings. The summed E-state index contributed by atoms with van der Waals surface area (Å²) in [5.41, 5.74) is 0.392. The molecule has 0 aromatic heterocycles. The van der Waals surface area contributed by atoms with Gasteiger partial charge in [0.1, 0.15) is 0 Å². The molecule has 1 rings (SSSR count). The van der Waals surface area contributed by atoms with Crippen LogP contribution in [0.25, 0.3) is 0 Å². The zero-order chi connectivity index (χ0) is 8.48. The predicted molar refractivity (Wildman–Crippen MR) is 49.6 cm³/mol. The molecule has 1 aliphatic heterocycles. The molecule has 0 spiro atoms. The molecule has 0 saturated carbocycles. The van der Waals surface area contributed by atoms with E-state index in [1.54, 1.807) is 0 Å². The summed E-state index contributed by atoms with van der Waals surface area (Å²) in [7, 11) is 0. The molecule has 0 fully saturated rings. The molecule has 64 valence electrons. The predicted octanol–water partition coefficient (Wildman–Crippen LogP) is 2.29. The second-order valence-corrected chi connectivity index (χ2v) is 4.33. The molecule has 1 nitrogen and oxygen atoms in total. The van der Waals surface area contributed by atoms with E-state index in [0.29, 0.717) is 11.5 Å². The zero-order valence-electron chi connectivity index (χ0n) is 8.09. The van der Waals surface area contributed by atoms with Gasteiger partial charge in [0, 0.05) is 12.6 Å². The van der Waals surface area contributed by atoms with Crippen molar-refractivity contribution in [2.75, 3.05) is 13.1 Å². The molecule has 1 heteroatoms. The molecule has 0 bridgehead atoms. The Labute approximate surface area is 70.1 Å². The van der Waals surface area contributed by atoms with Gasteiger partial charge in [0.15, 0.2) is 0 Å². The van der Waals surface area contributed by atoms with E-state index in [-0.39, 0.29) is 0 Å². The van der Waals surface area contributed by atoms with E-state index < -0.39 is 0 Å². The van der Waals surface area contributed by atoms with Crippen LogP contribution in [0, 0.1) is 5.41 Å². The molecule has 1 atom stereocenters. The van der Waals surface area contributed by atoms with Crippen molar-refractivity contribution in [2.45, 2.75) is 33.7 Å². The molecule has 0 aromatic carbocycles. The van der Waals surface area contributed by atoms with Crippen molar-refractivity contribution in [1.29, 1.82) is 0 Å². The Bertz CT molecular complexity index is 153. The minimum absolute atomic E-state index is 0.392. The van der Waals surface area contributed by atoms with Crippen molar-refractivity contribution in [1.82, 2.24) is 4.90 Å².